The number of amides is 2. The van der Waals surface area contributed by atoms with Gasteiger partial charge >= 0.3 is 6.61 Å². The molecule has 1 saturated heterocycles. The van der Waals surface area contributed by atoms with Gasteiger partial charge in [0.15, 0.2) is 11.5 Å². The summed E-state index contributed by atoms with van der Waals surface area (Å²) >= 11 is 1.62. The lowest BCUT2D eigenvalue weighted by Crippen LogP contribution is -2.34. The lowest BCUT2D eigenvalue weighted by atomic mass is 10.1. The minimum Gasteiger partial charge on any atom is -0.493 e. The molecule has 0 spiro atoms. The molecule has 1 aliphatic rings. The number of nitrogens with zero attached hydrogens (tertiary/aromatic N) is 1. The minimum atomic E-state index is -2.95. The molecule has 31 heavy (non-hydrogen) atoms. The molecule has 0 saturated carbocycles. The highest BCUT2D eigenvalue weighted by Crippen LogP contribution is 2.30. The topological polar surface area (TPSA) is 67.9 Å². The van der Waals surface area contributed by atoms with Crippen molar-refractivity contribution in [1.29, 1.82) is 0 Å². The normalized spacial score (nSPS) is 16.0. The van der Waals surface area contributed by atoms with Gasteiger partial charge in [-0.2, -0.15) is 8.78 Å². The SMILES string of the molecule is COc1ccc(CCNC(=O)C2CC(=O)N(c3ccc(SC)cc3)C2)cc1OC(F)F. The van der Waals surface area contributed by atoms with E-state index in [1.54, 1.807) is 28.8 Å². The van der Waals surface area contributed by atoms with Crippen molar-refractivity contribution in [3.63, 3.8) is 0 Å². The number of hydrogen-bond acceptors (Lipinski definition) is 5. The molecule has 166 valence electrons. The van der Waals surface area contributed by atoms with E-state index < -0.39 is 12.5 Å². The Morgan fingerprint density at radius 3 is 2.61 bits per heavy atom. The molecule has 0 bridgehead atoms. The van der Waals surface area contributed by atoms with E-state index in [2.05, 4.69) is 10.1 Å². The third kappa shape index (κ3) is 5.88. The Kier molecular flexibility index (Phi) is 7.73. The average Bonchev–Trinajstić information content (AvgIpc) is 3.15. The zero-order chi connectivity index (χ0) is 22.4. The highest BCUT2D eigenvalue weighted by Gasteiger charge is 2.34. The van der Waals surface area contributed by atoms with Crippen LogP contribution in [0.15, 0.2) is 47.4 Å². The van der Waals surface area contributed by atoms with Crippen LogP contribution in [0.3, 0.4) is 0 Å². The van der Waals surface area contributed by atoms with Crippen LogP contribution >= 0.6 is 11.8 Å². The van der Waals surface area contributed by atoms with Crippen molar-refractivity contribution in [3.8, 4) is 11.5 Å². The van der Waals surface area contributed by atoms with Crippen LogP contribution in [0, 0.1) is 5.92 Å². The molecule has 0 radical (unpaired) electrons. The molecule has 3 rings (SSSR count). The Labute approximate surface area is 183 Å². The Morgan fingerprint density at radius 1 is 1.23 bits per heavy atom. The predicted molar refractivity (Wildman–Crippen MR) is 115 cm³/mol. The number of methoxy groups -OCH3 is 1. The van der Waals surface area contributed by atoms with Gasteiger partial charge in [-0.3, -0.25) is 9.59 Å². The van der Waals surface area contributed by atoms with Gasteiger partial charge in [0.2, 0.25) is 11.8 Å². The fourth-order valence-electron chi connectivity index (χ4n) is 3.43. The monoisotopic (exact) mass is 450 g/mol. The summed E-state index contributed by atoms with van der Waals surface area (Å²) < 4.78 is 34.6. The number of rotatable bonds is 9. The van der Waals surface area contributed by atoms with E-state index in [-0.39, 0.29) is 29.7 Å². The first-order valence-corrected chi connectivity index (χ1v) is 11.0. The molecule has 6 nitrogen and oxygen atoms in total. The van der Waals surface area contributed by atoms with Gasteiger partial charge in [-0.15, -0.1) is 11.8 Å². The molecular formula is C22H24F2N2O4S. The van der Waals surface area contributed by atoms with E-state index in [4.69, 9.17) is 4.74 Å². The molecule has 2 aromatic carbocycles. The highest BCUT2D eigenvalue weighted by atomic mass is 32.2. The fourth-order valence-corrected chi connectivity index (χ4v) is 3.84. The summed E-state index contributed by atoms with van der Waals surface area (Å²) in [6.45, 7) is -2.31. The maximum absolute atomic E-state index is 12.6. The number of thioether (sulfide) groups is 1. The molecule has 9 heteroatoms. The molecular weight excluding hydrogens is 426 g/mol. The number of nitrogens with one attached hydrogen (secondary N) is 1. The van der Waals surface area contributed by atoms with Gasteiger partial charge in [0.1, 0.15) is 0 Å². The second-order valence-electron chi connectivity index (χ2n) is 7.01. The number of benzene rings is 2. The third-order valence-corrected chi connectivity index (χ3v) is 5.78. The predicted octanol–water partition coefficient (Wildman–Crippen LogP) is 3.73. The van der Waals surface area contributed by atoms with Crippen LogP contribution in [0.4, 0.5) is 14.5 Å². The van der Waals surface area contributed by atoms with Gasteiger partial charge in [-0.1, -0.05) is 6.07 Å². The summed E-state index contributed by atoms with van der Waals surface area (Å²) in [6.07, 6.45) is 2.57. The van der Waals surface area contributed by atoms with Crippen LogP contribution < -0.4 is 19.7 Å². The Bertz CT molecular complexity index is 924. The zero-order valence-electron chi connectivity index (χ0n) is 17.3. The van der Waals surface area contributed by atoms with E-state index >= 15 is 0 Å². The fraction of sp³-hybridized carbons (Fsp3) is 0.364. The summed E-state index contributed by atoms with van der Waals surface area (Å²) in [5.74, 6) is -0.550. The van der Waals surface area contributed by atoms with Crippen molar-refractivity contribution in [3.05, 3.63) is 48.0 Å². The van der Waals surface area contributed by atoms with Gasteiger partial charge in [0.25, 0.3) is 0 Å². The van der Waals surface area contributed by atoms with Gasteiger partial charge in [0.05, 0.1) is 13.0 Å². The third-order valence-electron chi connectivity index (χ3n) is 5.04. The summed E-state index contributed by atoms with van der Waals surface area (Å²) in [4.78, 5) is 27.6. The number of anilines is 1. The molecule has 2 amide bonds. The number of carbonyl (C=O) groups excluding carboxylic acids is 2. The van der Waals surface area contributed by atoms with Crippen LogP contribution in [0.5, 0.6) is 11.5 Å². The van der Waals surface area contributed by atoms with Crippen molar-refractivity contribution < 1.29 is 27.8 Å². The van der Waals surface area contributed by atoms with Gasteiger partial charge in [-0.05, 0) is 54.6 Å². The summed E-state index contributed by atoms with van der Waals surface area (Å²) in [7, 11) is 1.37. The molecule has 0 aromatic heterocycles. The highest BCUT2D eigenvalue weighted by molar-refractivity contribution is 7.98. The maximum atomic E-state index is 12.6. The first-order valence-electron chi connectivity index (χ1n) is 9.75. The van der Waals surface area contributed by atoms with Crippen molar-refractivity contribution in [2.45, 2.75) is 24.3 Å². The second kappa shape index (κ2) is 10.5. The van der Waals surface area contributed by atoms with Crippen LogP contribution in [0.25, 0.3) is 0 Å². The molecule has 1 fully saturated rings. The van der Waals surface area contributed by atoms with E-state index in [9.17, 15) is 18.4 Å². The van der Waals surface area contributed by atoms with Crippen LogP contribution in [0.1, 0.15) is 12.0 Å². The van der Waals surface area contributed by atoms with Gasteiger partial charge in [-0.25, -0.2) is 0 Å². The van der Waals surface area contributed by atoms with Crippen molar-refractivity contribution in [2.75, 3.05) is 31.4 Å². The quantitative estimate of drug-likeness (QED) is 0.590. The first kappa shape index (κ1) is 22.9. The maximum Gasteiger partial charge on any atom is 0.387 e. The molecule has 0 aliphatic carbocycles. The number of halogens is 2. The zero-order valence-corrected chi connectivity index (χ0v) is 18.1. The molecule has 1 atom stereocenters. The molecule has 1 unspecified atom stereocenters. The van der Waals surface area contributed by atoms with E-state index in [1.807, 2.05) is 30.5 Å². The molecule has 1 heterocycles. The summed E-state index contributed by atoms with van der Waals surface area (Å²) in [5, 5.41) is 2.83. The largest absolute Gasteiger partial charge is 0.493 e. The van der Waals surface area contributed by atoms with Gasteiger partial charge in [0, 0.05) is 30.1 Å². The number of ether oxygens (including phenoxy) is 2. The van der Waals surface area contributed by atoms with E-state index in [0.29, 0.717) is 19.5 Å². The van der Waals surface area contributed by atoms with Crippen molar-refractivity contribution in [1.82, 2.24) is 5.32 Å². The average molecular weight is 451 g/mol. The Balaban J connectivity index is 1.53. The van der Waals surface area contributed by atoms with Crippen LogP contribution in [-0.2, 0) is 16.0 Å². The summed E-state index contributed by atoms with van der Waals surface area (Å²) in [5.41, 5.74) is 1.50. The van der Waals surface area contributed by atoms with Gasteiger partial charge < -0.3 is 19.7 Å². The second-order valence-corrected chi connectivity index (χ2v) is 7.89. The molecule has 1 N–H and O–H groups in total. The van der Waals surface area contributed by atoms with Crippen LogP contribution in [0.2, 0.25) is 0 Å². The van der Waals surface area contributed by atoms with Crippen LogP contribution in [-0.4, -0.2) is 44.9 Å². The lowest BCUT2D eigenvalue weighted by molar-refractivity contribution is -0.126. The smallest absolute Gasteiger partial charge is 0.387 e. The van der Waals surface area contributed by atoms with Crippen molar-refractivity contribution in [2.24, 2.45) is 5.92 Å². The summed E-state index contributed by atoms with van der Waals surface area (Å²) in [6, 6.07) is 12.4. The number of alkyl halides is 2. The molecule has 2 aromatic rings. The lowest BCUT2D eigenvalue weighted by Gasteiger charge is -2.17. The van der Waals surface area contributed by atoms with Crippen molar-refractivity contribution >= 4 is 29.3 Å². The first-order chi connectivity index (χ1) is 14.9. The number of hydrogen-bond donors (Lipinski definition) is 1. The Hall–Kier alpha value is -2.81. The minimum absolute atomic E-state index is 0.0501. The standard InChI is InChI=1S/C22H24F2N2O4S/c1-29-18-8-3-14(11-19(18)30-22(23)24)9-10-25-21(28)15-12-20(27)26(13-15)16-4-6-17(31-2)7-5-16/h3-8,11,15,22H,9-10,12-13H2,1-2H3,(H,25,28). The Morgan fingerprint density at radius 2 is 1.97 bits per heavy atom. The number of carbonyl (C=O) groups is 2. The van der Waals surface area contributed by atoms with E-state index in [0.717, 1.165) is 16.1 Å². The van der Waals surface area contributed by atoms with E-state index in [1.165, 1.54) is 13.2 Å². The molecule has 1 aliphatic heterocycles.